The number of hydrogen-bond acceptors (Lipinski definition) is 2. The molecule has 22 heavy (non-hydrogen) atoms. The van der Waals surface area contributed by atoms with Crippen molar-refractivity contribution in [2.45, 2.75) is 25.8 Å². The van der Waals surface area contributed by atoms with Gasteiger partial charge in [0.2, 0.25) is 0 Å². The van der Waals surface area contributed by atoms with Crippen LogP contribution in [0.5, 0.6) is 0 Å². The van der Waals surface area contributed by atoms with Crippen LogP contribution in [0.3, 0.4) is 0 Å². The minimum atomic E-state index is -1.00. The lowest BCUT2D eigenvalue weighted by Crippen LogP contribution is -2.25. The van der Waals surface area contributed by atoms with E-state index in [1.807, 2.05) is 36.4 Å². The highest BCUT2D eigenvalue weighted by atomic mass is 16.4. The van der Waals surface area contributed by atoms with Crippen molar-refractivity contribution in [2.24, 2.45) is 0 Å². The minimum absolute atomic E-state index is 0.184. The van der Waals surface area contributed by atoms with Crippen molar-refractivity contribution in [3.63, 3.8) is 0 Å². The molecule has 1 saturated carbocycles. The number of carbonyl (C=O) groups excluding carboxylic acids is 1. The summed E-state index contributed by atoms with van der Waals surface area (Å²) in [7, 11) is 0. The predicted octanol–water partition coefficient (Wildman–Crippen LogP) is 3.27. The van der Waals surface area contributed by atoms with Crippen LogP contribution in [0.1, 0.15) is 39.1 Å². The number of carboxylic acid groups (broad SMARTS) is 1. The fraction of sp³-hybridized carbons (Fsp3) is 0.222. The number of carboxylic acids is 1. The molecule has 4 heteroatoms. The topological polar surface area (TPSA) is 66.4 Å². The van der Waals surface area contributed by atoms with Gasteiger partial charge in [0.15, 0.2) is 0 Å². The molecule has 0 aliphatic heterocycles. The molecule has 0 heterocycles. The third kappa shape index (κ3) is 4.74. The second-order valence-corrected chi connectivity index (χ2v) is 5.24. The molecule has 2 aromatic rings. The van der Waals surface area contributed by atoms with Crippen LogP contribution in [0.4, 0.5) is 0 Å². The number of carbonyl (C=O) groups is 2. The Bertz CT molecular complexity index is 622. The molecule has 0 radical (unpaired) electrons. The van der Waals surface area contributed by atoms with Crippen LogP contribution in [0, 0.1) is 6.92 Å². The highest BCUT2D eigenvalue weighted by molar-refractivity contribution is 5.98. The lowest BCUT2D eigenvalue weighted by Gasteiger charge is -2.06. The Hall–Kier alpha value is -2.62. The van der Waals surface area contributed by atoms with Crippen molar-refractivity contribution in [3.05, 3.63) is 71.3 Å². The number of hydrogen-bond donors (Lipinski definition) is 2. The molecular formula is C18H19NO3. The molecule has 0 unspecified atom stereocenters. The Morgan fingerprint density at radius 2 is 1.59 bits per heavy atom. The molecule has 2 N–H and O–H groups in total. The lowest BCUT2D eigenvalue weighted by molar-refractivity contribution is 0.0696. The molecule has 0 atom stereocenters. The highest BCUT2D eigenvalue weighted by Gasteiger charge is 2.24. The Kier molecular flexibility index (Phi) is 5.31. The number of amides is 1. The third-order valence-corrected chi connectivity index (χ3v) is 3.31. The van der Waals surface area contributed by atoms with E-state index in [4.69, 9.17) is 5.11 Å². The van der Waals surface area contributed by atoms with Gasteiger partial charge in [-0.2, -0.15) is 0 Å². The molecule has 1 amide bonds. The first kappa shape index (κ1) is 15.8. The fourth-order valence-corrected chi connectivity index (χ4v) is 1.87. The summed E-state index contributed by atoms with van der Waals surface area (Å²) in [5.74, 6) is -1.19. The lowest BCUT2D eigenvalue weighted by atomic mass is 10.0. The van der Waals surface area contributed by atoms with Crippen molar-refractivity contribution in [1.82, 2.24) is 5.32 Å². The van der Waals surface area contributed by atoms with Crippen LogP contribution in [-0.2, 0) is 0 Å². The average molecular weight is 297 g/mol. The zero-order valence-corrected chi connectivity index (χ0v) is 12.5. The zero-order valence-electron chi connectivity index (χ0n) is 12.5. The van der Waals surface area contributed by atoms with E-state index in [0.29, 0.717) is 11.1 Å². The fourth-order valence-electron chi connectivity index (χ4n) is 1.87. The molecule has 2 aromatic carbocycles. The molecular weight excluding hydrogens is 278 g/mol. The minimum Gasteiger partial charge on any atom is -0.478 e. The summed E-state index contributed by atoms with van der Waals surface area (Å²) >= 11 is 0. The van der Waals surface area contributed by atoms with Gasteiger partial charge in [-0.1, -0.05) is 42.5 Å². The molecule has 1 aliphatic carbocycles. The summed E-state index contributed by atoms with van der Waals surface area (Å²) in [5.41, 5.74) is 1.26. The first-order valence-electron chi connectivity index (χ1n) is 7.23. The molecule has 1 aliphatic rings. The summed E-state index contributed by atoms with van der Waals surface area (Å²) in [6.45, 7) is 1.71. The number of rotatable bonds is 3. The van der Waals surface area contributed by atoms with Gasteiger partial charge in [-0.25, -0.2) is 4.79 Å². The second kappa shape index (κ2) is 7.41. The van der Waals surface area contributed by atoms with Crippen LogP contribution in [-0.4, -0.2) is 23.0 Å². The Morgan fingerprint density at radius 1 is 1.05 bits per heavy atom. The van der Waals surface area contributed by atoms with Gasteiger partial charge in [0, 0.05) is 11.6 Å². The van der Waals surface area contributed by atoms with Gasteiger partial charge in [-0.3, -0.25) is 4.79 Å². The van der Waals surface area contributed by atoms with E-state index < -0.39 is 5.97 Å². The van der Waals surface area contributed by atoms with E-state index in [2.05, 4.69) is 5.32 Å². The highest BCUT2D eigenvalue weighted by Crippen LogP contribution is 2.20. The maximum atomic E-state index is 11.7. The molecule has 0 saturated heterocycles. The SMILES string of the molecule is Cc1ccc(C(=O)NC2CC2)cc1C(=O)O.c1ccccc1. The normalized spacial score (nSPS) is 12.8. The van der Waals surface area contributed by atoms with Crippen LogP contribution >= 0.6 is 0 Å². The molecule has 114 valence electrons. The number of benzene rings is 2. The van der Waals surface area contributed by atoms with Crippen LogP contribution in [0.2, 0.25) is 0 Å². The standard InChI is InChI=1S/C12H13NO3.C6H6/c1-7-2-3-8(6-10(7)12(15)16)11(14)13-9-4-5-9;1-2-4-6-5-3-1/h2-3,6,9H,4-5H2,1H3,(H,13,14)(H,15,16);1-6H. The van der Waals surface area contributed by atoms with Crippen LogP contribution in [0.15, 0.2) is 54.6 Å². The van der Waals surface area contributed by atoms with Gasteiger partial charge in [-0.05, 0) is 37.5 Å². The van der Waals surface area contributed by atoms with Gasteiger partial charge in [0.1, 0.15) is 0 Å². The number of nitrogens with one attached hydrogen (secondary N) is 1. The van der Waals surface area contributed by atoms with E-state index in [-0.39, 0.29) is 17.5 Å². The molecule has 3 rings (SSSR count). The summed E-state index contributed by atoms with van der Waals surface area (Å²) in [6.07, 6.45) is 2.03. The first-order valence-corrected chi connectivity index (χ1v) is 7.23. The molecule has 0 bridgehead atoms. The average Bonchev–Trinajstić information content (AvgIpc) is 3.33. The van der Waals surface area contributed by atoms with Crippen LogP contribution in [0.25, 0.3) is 0 Å². The van der Waals surface area contributed by atoms with Crippen LogP contribution < -0.4 is 5.32 Å². The molecule has 4 nitrogen and oxygen atoms in total. The number of aromatic carboxylic acids is 1. The van der Waals surface area contributed by atoms with E-state index in [1.54, 1.807) is 19.1 Å². The summed E-state index contributed by atoms with van der Waals surface area (Å²) in [5, 5.41) is 11.8. The van der Waals surface area contributed by atoms with E-state index >= 15 is 0 Å². The van der Waals surface area contributed by atoms with Crippen molar-refractivity contribution in [3.8, 4) is 0 Å². The largest absolute Gasteiger partial charge is 0.478 e. The van der Waals surface area contributed by atoms with Crippen molar-refractivity contribution >= 4 is 11.9 Å². The quantitative estimate of drug-likeness (QED) is 0.913. The summed E-state index contributed by atoms with van der Waals surface area (Å²) in [4.78, 5) is 22.6. The maximum absolute atomic E-state index is 11.7. The Balaban J connectivity index is 0.000000246. The predicted molar refractivity (Wildman–Crippen MR) is 85.1 cm³/mol. The monoisotopic (exact) mass is 297 g/mol. The van der Waals surface area contributed by atoms with E-state index in [9.17, 15) is 9.59 Å². The van der Waals surface area contributed by atoms with Gasteiger partial charge in [-0.15, -0.1) is 0 Å². The van der Waals surface area contributed by atoms with Crippen molar-refractivity contribution in [1.29, 1.82) is 0 Å². The Morgan fingerprint density at radius 3 is 2.05 bits per heavy atom. The molecule has 1 fully saturated rings. The third-order valence-electron chi connectivity index (χ3n) is 3.31. The van der Waals surface area contributed by atoms with E-state index in [1.165, 1.54) is 6.07 Å². The Labute approximate surface area is 129 Å². The maximum Gasteiger partial charge on any atom is 0.335 e. The molecule has 0 aromatic heterocycles. The zero-order chi connectivity index (χ0) is 15.9. The van der Waals surface area contributed by atoms with E-state index in [0.717, 1.165) is 12.8 Å². The second-order valence-electron chi connectivity index (χ2n) is 5.24. The number of aryl methyl sites for hydroxylation is 1. The van der Waals surface area contributed by atoms with Crippen molar-refractivity contribution < 1.29 is 14.7 Å². The van der Waals surface area contributed by atoms with Gasteiger partial charge < -0.3 is 10.4 Å². The first-order chi connectivity index (χ1) is 10.6. The summed E-state index contributed by atoms with van der Waals surface area (Å²) < 4.78 is 0. The molecule has 0 spiro atoms. The van der Waals surface area contributed by atoms with Crippen molar-refractivity contribution in [2.75, 3.05) is 0 Å². The van der Waals surface area contributed by atoms with Gasteiger partial charge in [0.05, 0.1) is 5.56 Å². The summed E-state index contributed by atoms with van der Waals surface area (Å²) in [6, 6.07) is 17.0. The smallest absolute Gasteiger partial charge is 0.335 e. The van der Waals surface area contributed by atoms with Gasteiger partial charge >= 0.3 is 5.97 Å². The van der Waals surface area contributed by atoms with Gasteiger partial charge in [0.25, 0.3) is 5.91 Å².